The predicted molar refractivity (Wildman–Crippen MR) is 116 cm³/mol. The molecule has 1 aromatic heterocycles. The molecule has 3 rings (SSSR count). The van der Waals surface area contributed by atoms with Gasteiger partial charge < -0.3 is 10.6 Å². The van der Waals surface area contributed by atoms with E-state index in [1.54, 1.807) is 12.1 Å². The van der Waals surface area contributed by atoms with Crippen molar-refractivity contribution in [1.82, 2.24) is 10.3 Å². The molecule has 0 saturated carbocycles. The van der Waals surface area contributed by atoms with Crippen LogP contribution in [0.1, 0.15) is 22.8 Å². The average Bonchev–Trinajstić information content (AvgIpc) is 3.10. The zero-order valence-corrected chi connectivity index (χ0v) is 17.3. The molecular weight excluding hydrogens is 390 g/mol. The summed E-state index contributed by atoms with van der Waals surface area (Å²) in [5, 5.41) is 6.43. The lowest BCUT2D eigenvalue weighted by molar-refractivity contribution is -0.118. The Morgan fingerprint density at radius 1 is 1.07 bits per heavy atom. The van der Waals surface area contributed by atoms with Crippen LogP contribution in [-0.2, 0) is 4.79 Å². The molecule has 0 atom stereocenters. The van der Waals surface area contributed by atoms with Crippen LogP contribution in [-0.4, -0.2) is 29.1 Å². The van der Waals surface area contributed by atoms with Gasteiger partial charge in [0, 0.05) is 17.7 Å². The minimum Gasteiger partial charge on any atom is -0.356 e. The molecule has 0 aliphatic heterocycles. The van der Waals surface area contributed by atoms with Crippen molar-refractivity contribution in [3.63, 3.8) is 0 Å². The first-order chi connectivity index (χ1) is 13.6. The SMILES string of the molecule is CCNC(=O)CSc1nc(-c2ccccc2)c(NC(=O)c2ccc(C)cc2)s1. The number of rotatable bonds is 7. The monoisotopic (exact) mass is 411 g/mol. The second-order valence-corrected chi connectivity index (χ2v) is 8.31. The smallest absolute Gasteiger partial charge is 0.256 e. The summed E-state index contributed by atoms with van der Waals surface area (Å²) in [6.07, 6.45) is 0. The molecule has 28 heavy (non-hydrogen) atoms. The standard InChI is InChI=1S/C21H21N3O2S2/c1-3-22-17(25)13-27-21-23-18(15-7-5-4-6-8-15)20(28-21)24-19(26)16-11-9-14(2)10-12-16/h4-12H,3,13H2,1-2H3,(H,22,25)(H,24,26). The van der Waals surface area contributed by atoms with Crippen LogP contribution >= 0.6 is 23.1 Å². The van der Waals surface area contributed by atoms with Crippen molar-refractivity contribution in [2.45, 2.75) is 18.2 Å². The number of hydrogen-bond donors (Lipinski definition) is 2. The minimum atomic E-state index is -0.180. The Labute approximate surface area is 172 Å². The molecule has 144 valence electrons. The van der Waals surface area contributed by atoms with Crippen molar-refractivity contribution in [2.75, 3.05) is 17.6 Å². The predicted octanol–water partition coefficient (Wildman–Crippen LogP) is 4.60. The van der Waals surface area contributed by atoms with Gasteiger partial charge in [0.15, 0.2) is 4.34 Å². The third-order valence-corrected chi connectivity index (χ3v) is 6.01. The third-order valence-electron chi connectivity index (χ3n) is 3.90. The first-order valence-electron chi connectivity index (χ1n) is 8.90. The summed E-state index contributed by atoms with van der Waals surface area (Å²) < 4.78 is 0.740. The van der Waals surface area contributed by atoms with Gasteiger partial charge >= 0.3 is 0 Å². The van der Waals surface area contributed by atoms with Crippen molar-refractivity contribution < 1.29 is 9.59 Å². The highest BCUT2D eigenvalue weighted by atomic mass is 32.2. The fraction of sp³-hybridized carbons (Fsp3) is 0.190. The summed E-state index contributed by atoms with van der Waals surface area (Å²) in [7, 11) is 0. The van der Waals surface area contributed by atoms with E-state index in [2.05, 4.69) is 15.6 Å². The number of aryl methyl sites for hydroxylation is 1. The maximum absolute atomic E-state index is 12.7. The van der Waals surface area contributed by atoms with E-state index in [4.69, 9.17) is 0 Å². The fourth-order valence-corrected chi connectivity index (χ4v) is 4.38. The van der Waals surface area contributed by atoms with Crippen LogP contribution in [0.5, 0.6) is 0 Å². The highest BCUT2D eigenvalue weighted by Gasteiger charge is 2.17. The molecule has 0 saturated heterocycles. The van der Waals surface area contributed by atoms with Gasteiger partial charge in [0.2, 0.25) is 5.91 Å². The average molecular weight is 412 g/mol. The Hall–Kier alpha value is -2.64. The number of carbonyl (C=O) groups excluding carboxylic acids is 2. The number of aromatic nitrogens is 1. The van der Waals surface area contributed by atoms with Gasteiger partial charge in [-0.15, -0.1) is 0 Å². The summed E-state index contributed by atoms with van der Waals surface area (Å²) in [6, 6.07) is 17.1. The molecular formula is C21H21N3O2S2. The molecule has 0 unspecified atom stereocenters. The van der Waals surface area contributed by atoms with Gasteiger partial charge in [-0.25, -0.2) is 4.98 Å². The summed E-state index contributed by atoms with van der Waals surface area (Å²) in [6.45, 7) is 4.47. The Kier molecular flexibility index (Phi) is 6.84. The van der Waals surface area contributed by atoms with Crippen LogP contribution in [0.3, 0.4) is 0 Å². The molecule has 0 aliphatic rings. The van der Waals surface area contributed by atoms with Gasteiger partial charge in [-0.2, -0.15) is 0 Å². The van der Waals surface area contributed by atoms with Crippen LogP contribution in [0.15, 0.2) is 58.9 Å². The first kappa shape index (κ1) is 20.1. The Morgan fingerprint density at radius 2 is 1.79 bits per heavy atom. The van der Waals surface area contributed by atoms with E-state index in [0.29, 0.717) is 28.6 Å². The highest BCUT2D eigenvalue weighted by Crippen LogP contribution is 2.37. The Balaban J connectivity index is 1.84. The normalized spacial score (nSPS) is 10.5. The number of amides is 2. The molecule has 3 aromatic rings. The zero-order chi connectivity index (χ0) is 19.9. The largest absolute Gasteiger partial charge is 0.356 e. The molecule has 0 bridgehead atoms. The molecule has 1 heterocycles. The Bertz CT molecular complexity index is 954. The van der Waals surface area contributed by atoms with E-state index >= 15 is 0 Å². The molecule has 0 fully saturated rings. The molecule has 2 N–H and O–H groups in total. The van der Waals surface area contributed by atoms with Crippen molar-refractivity contribution in [1.29, 1.82) is 0 Å². The molecule has 2 aromatic carbocycles. The van der Waals surface area contributed by atoms with Crippen LogP contribution in [0.25, 0.3) is 11.3 Å². The van der Waals surface area contributed by atoms with Crippen LogP contribution in [0.2, 0.25) is 0 Å². The number of nitrogens with one attached hydrogen (secondary N) is 2. The maximum Gasteiger partial charge on any atom is 0.256 e. The summed E-state index contributed by atoms with van der Waals surface area (Å²) in [5.41, 5.74) is 3.32. The van der Waals surface area contributed by atoms with Gasteiger partial charge in [-0.05, 0) is 26.0 Å². The van der Waals surface area contributed by atoms with E-state index in [-0.39, 0.29) is 11.8 Å². The van der Waals surface area contributed by atoms with Gasteiger partial charge in [0.05, 0.1) is 5.75 Å². The number of benzene rings is 2. The van der Waals surface area contributed by atoms with Gasteiger partial charge in [-0.1, -0.05) is 71.1 Å². The zero-order valence-electron chi connectivity index (χ0n) is 15.7. The molecule has 2 amide bonds. The van der Waals surface area contributed by atoms with Crippen molar-refractivity contribution in [2.24, 2.45) is 0 Å². The van der Waals surface area contributed by atoms with Crippen LogP contribution < -0.4 is 10.6 Å². The minimum absolute atomic E-state index is 0.0331. The number of anilines is 1. The van der Waals surface area contributed by atoms with E-state index in [9.17, 15) is 9.59 Å². The van der Waals surface area contributed by atoms with Gasteiger partial charge in [-0.3, -0.25) is 9.59 Å². The Morgan fingerprint density at radius 3 is 2.46 bits per heavy atom. The summed E-state index contributed by atoms with van der Waals surface area (Å²) in [5.74, 6) is 0.0799. The summed E-state index contributed by atoms with van der Waals surface area (Å²) in [4.78, 5) is 29.1. The molecule has 7 heteroatoms. The second kappa shape index (κ2) is 9.52. The molecule has 5 nitrogen and oxygen atoms in total. The van der Waals surface area contributed by atoms with Crippen molar-refractivity contribution in [3.8, 4) is 11.3 Å². The van der Waals surface area contributed by atoms with Gasteiger partial charge in [0.1, 0.15) is 10.7 Å². The van der Waals surface area contributed by atoms with Crippen LogP contribution in [0.4, 0.5) is 5.00 Å². The lowest BCUT2D eigenvalue weighted by Gasteiger charge is -2.05. The number of thiazole rings is 1. The quantitative estimate of drug-likeness (QED) is 0.558. The topological polar surface area (TPSA) is 71.1 Å². The molecule has 0 radical (unpaired) electrons. The van der Waals surface area contributed by atoms with E-state index in [1.165, 1.54) is 23.1 Å². The number of hydrogen-bond acceptors (Lipinski definition) is 5. The van der Waals surface area contributed by atoms with E-state index in [1.807, 2.05) is 56.3 Å². The van der Waals surface area contributed by atoms with E-state index < -0.39 is 0 Å². The van der Waals surface area contributed by atoms with Crippen LogP contribution in [0, 0.1) is 6.92 Å². The van der Waals surface area contributed by atoms with E-state index in [0.717, 1.165) is 15.5 Å². The van der Waals surface area contributed by atoms with Crippen molar-refractivity contribution >= 4 is 39.9 Å². The fourth-order valence-electron chi connectivity index (χ4n) is 2.49. The first-order valence-corrected chi connectivity index (χ1v) is 10.7. The summed E-state index contributed by atoms with van der Waals surface area (Å²) >= 11 is 2.75. The second-order valence-electron chi connectivity index (χ2n) is 6.09. The number of nitrogens with zero attached hydrogens (tertiary/aromatic N) is 1. The lowest BCUT2D eigenvalue weighted by atomic mass is 10.1. The third kappa shape index (κ3) is 5.21. The lowest BCUT2D eigenvalue weighted by Crippen LogP contribution is -2.24. The van der Waals surface area contributed by atoms with Gasteiger partial charge in [0.25, 0.3) is 5.91 Å². The molecule has 0 spiro atoms. The maximum atomic E-state index is 12.7. The van der Waals surface area contributed by atoms with Crippen molar-refractivity contribution in [3.05, 3.63) is 65.7 Å². The number of carbonyl (C=O) groups is 2. The molecule has 0 aliphatic carbocycles. The number of thioether (sulfide) groups is 1. The highest BCUT2D eigenvalue weighted by molar-refractivity contribution is 8.01.